The molecule has 3 rings (SSSR count). The predicted octanol–water partition coefficient (Wildman–Crippen LogP) is 0.988. The second-order valence-corrected chi connectivity index (χ2v) is 4.95. The number of hydrogen-bond donors (Lipinski definition) is 2. The smallest absolute Gasteiger partial charge is 0.321 e. The number of carbonyl (C=O) groups is 2. The zero-order valence-electron chi connectivity index (χ0n) is 10.2. The number of benzene rings is 1. The zero-order valence-corrected chi connectivity index (χ0v) is 10.2. The fourth-order valence-corrected chi connectivity index (χ4v) is 2.61. The quantitative estimate of drug-likeness (QED) is 0.793. The first-order chi connectivity index (χ1) is 9.09. The van der Waals surface area contributed by atoms with E-state index in [9.17, 15) is 14.0 Å². The van der Waals surface area contributed by atoms with Crippen molar-refractivity contribution >= 4 is 17.6 Å². The van der Waals surface area contributed by atoms with Crippen molar-refractivity contribution in [2.75, 3.05) is 25.0 Å². The number of urea groups is 1. The third kappa shape index (κ3) is 1.93. The molecule has 0 radical (unpaired) electrons. The molecule has 0 aromatic heterocycles. The summed E-state index contributed by atoms with van der Waals surface area (Å²) in [5.74, 6) is -1.05. The van der Waals surface area contributed by atoms with Crippen LogP contribution in [0.3, 0.4) is 0 Å². The Kier molecular flexibility index (Phi) is 2.66. The molecule has 0 bridgehead atoms. The van der Waals surface area contributed by atoms with Gasteiger partial charge in [0.1, 0.15) is 0 Å². The first-order valence-corrected chi connectivity index (χ1v) is 6.18. The topological polar surface area (TPSA) is 61.4 Å². The number of para-hydroxylation sites is 1. The lowest BCUT2D eigenvalue weighted by Crippen LogP contribution is -2.42. The molecule has 1 aromatic rings. The van der Waals surface area contributed by atoms with Crippen molar-refractivity contribution in [1.29, 1.82) is 0 Å². The largest absolute Gasteiger partial charge is 0.353 e. The number of amides is 3. The Balaban J connectivity index is 1.69. The Morgan fingerprint density at radius 2 is 2.16 bits per heavy atom. The first-order valence-electron chi connectivity index (χ1n) is 6.18. The van der Waals surface area contributed by atoms with Crippen LogP contribution in [-0.2, 0) is 4.79 Å². The summed E-state index contributed by atoms with van der Waals surface area (Å²) in [7, 11) is 0. The van der Waals surface area contributed by atoms with Crippen LogP contribution in [0.5, 0.6) is 0 Å². The van der Waals surface area contributed by atoms with Crippen LogP contribution < -0.4 is 10.6 Å². The van der Waals surface area contributed by atoms with Gasteiger partial charge < -0.3 is 15.5 Å². The number of alkyl halides is 1. The lowest BCUT2D eigenvalue weighted by atomic mass is 9.97. The Hall–Kier alpha value is -2.11. The van der Waals surface area contributed by atoms with Gasteiger partial charge in [0, 0.05) is 24.7 Å². The molecule has 2 saturated heterocycles. The average molecular weight is 263 g/mol. The van der Waals surface area contributed by atoms with Gasteiger partial charge in [-0.15, -0.1) is 0 Å². The molecule has 0 saturated carbocycles. The van der Waals surface area contributed by atoms with Crippen molar-refractivity contribution in [2.45, 2.75) is 5.67 Å². The standard InChI is InChI=1S/C13H14FN3O2/c14-13-8-17(7-9(13)6-15-11(13)18)12(19)16-10-4-2-1-3-5-10/h1-5,9H,6-8H2,(H,15,18)(H,16,19)/t9-,13-/m0/s1. The molecule has 0 spiro atoms. The van der Waals surface area contributed by atoms with E-state index in [0.29, 0.717) is 12.2 Å². The van der Waals surface area contributed by atoms with Gasteiger partial charge in [0.2, 0.25) is 5.67 Å². The molecule has 2 heterocycles. The van der Waals surface area contributed by atoms with Gasteiger partial charge in [-0.25, -0.2) is 9.18 Å². The highest BCUT2D eigenvalue weighted by molar-refractivity contribution is 5.93. The van der Waals surface area contributed by atoms with E-state index in [1.54, 1.807) is 24.3 Å². The van der Waals surface area contributed by atoms with E-state index < -0.39 is 17.5 Å². The number of halogens is 1. The molecule has 0 aliphatic carbocycles. The number of anilines is 1. The van der Waals surface area contributed by atoms with Gasteiger partial charge in [0.05, 0.1) is 6.54 Å². The van der Waals surface area contributed by atoms with Crippen LogP contribution >= 0.6 is 0 Å². The van der Waals surface area contributed by atoms with E-state index >= 15 is 0 Å². The van der Waals surface area contributed by atoms with E-state index in [4.69, 9.17) is 0 Å². The minimum atomic E-state index is -1.92. The minimum absolute atomic E-state index is 0.178. The summed E-state index contributed by atoms with van der Waals surface area (Å²) in [5.41, 5.74) is -1.27. The molecule has 19 heavy (non-hydrogen) atoms. The molecular weight excluding hydrogens is 249 g/mol. The SMILES string of the molecule is O=C(Nc1ccccc1)N1C[C@@H]2CNC(=O)[C@]2(F)C1. The van der Waals surface area contributed by atoms with E-state index in [1.165, 1.54) is 4.90 Å². The van der Waals surface area contributed by atoms with Crippen molar-refractivity contribution < 1.29 is 14.0 Å². The number of rotatable bonds is 1. The summed E-state index contributed by atoms with van der Waals surface area (Å²) in [6.45, 7) is 0.376. The minimum Gasteiger partial charge on any atom is -0.353 e. The molecule has 5 nitrogen and oxygen atoms in total. The van der Waals surface area contributed by atoms with Crippen molar-refractivity contribution in [3.05, 3.63) is 30.3 Å². The van der Waals surface area contributed by atoms with Crippen LogP contribution in [0, 0.1) is 5.92 Å². The van der Waals surface area contributed by atoms with Crippen molar-refractivity contribution in [3.63, 3.8) is 0 Å². The summed E-state index contributed by atoms with van der Waals surface area (Å²) in [5, 5.41) is 5.19. The Morgan fingerprint density at radius 3 is 2.84 bits per heavy atom. The summed E-state index contributed by atoms with van der Waals surface area (Å²) in [4.78, 5) is 24.8. The van der Waals surface area contributed by atoms with Gasteiger partial charge in [-0.1, -0.05) is 18.2 Å². The molecule has 2 atom stereocenters. The molecule has 100 valence electrons. The second-order valence-electron chi connectivity index (χ2n) is 4.95. The predicted molar refractivity (Wildman–Crippen MR) is 67.4 cm³/mol. The number of likely N-dealkylation sites (tertiary alicyclic amines) is 1. The maximum absolute atomic E-state index is 14.4. The third-order valence-corrected chi connectivity index (χ3v) is 3.71. The maximum Gasteiger partial charge on any atom is 0.321 e. The van der Waals surface area contributed by atoms with Crippen LogP contribution in [-0.4, -0.2) is 42.1 Å². The first kappa shape index (κ1) is 12.0. The summed E-state index contributed by atoms with van der Waals surface area (Å²) in [6, 6.07) is 8.60. The van der Waals surface area contributed by atoms with Crippen LogP contribution in [0.4, 0.5) is 14.9 Å². The van der Waals surface area contributed by atoms with Crippen LogP contribution in [0.25, 0.3) is 0 Å². The Labute approximate surface area is 109 Å². The van der Waals surface area contributed by atoms with Gasteiger partial charge in [-0.3, -0.25) is 4.79 Å². The molecule has 2 aliphatic rings. The van der Waals surface area contributed by atoms with E-state index in [0.717, 1.165) is 0 Å². The van der Waals surface area contributed by atoms with Crippen LogP contribution in [0.15, 0.2) is 30.3 Å². The van der Waals surface area contributed by atoms with Gasteiger partial charge in [0.25, 0.3) is 5.91 Å². The highest BCUT2D eigenvalue weighted by atomic mass is 19.1. The van der Waals surface area contributed by atoms with E-state index in [-0.39, 0.29) is 19.1 Å². The fourth-order valence-electron chi connectivity index (χ4n) is 2.61. The number of nitrogens with zero attached hydrogens (tertiary/aromatic N) is 1. The molecule has 2 N–H and O–H groups in total. The van der Waals surface area contributed by atoms with Gasteiger partial charge in [-0.2, -0.15) is 0 Å². The molecule has 2 aliphatic heterocycles. The highest BCUT2D eigenvalue weighted by Gasteiger charge is 2.57. The van der Waals surface area contributed by atoms with E-state index in [1.807, 2.05) is 6.07 Å². The molecule has 1 aromatic carbocycles. The Bertz CT molecular complexity index is 522. The second kappa shape index (κ2) is 4.22. The van der Waals surface area contributed by atoms with Crippen LogP contribution in [0.1, 0.15) is 0 Å². The number of fused-ring (bicyclic) bond motifs is 1. The maximum atomic E-state index is 14.4. The normalized spacial score (nSPS) is 29.0. The van der Waals surface area contributed by atoms with Gasteiger partial charge in [-0.05, 0) is 12.1 Å². The molecule has 6 heteroatoms. The molecule has 0 unspecified atom stereocenters. The molecule has 3 amide bonds. The number of hydrogen-bond acceptors (Lipinski definition) is 2. The summed E-state index contributed by atoms with van der Waals surface area (Å²) in [6.07, 6.45) is 0. The van der Waals surface area contributed by atoms with Crippen molar-refractivity contribution in [2.24, 2.45) is 5.92 Å². The zero-order chi connectivity index (χ0) is 13.5. The third-order valence-electron chi connectivity index (χ3n) is 3.71. The Morgan fingerprint density at radius 1 is 1.42 bits per heavy atom. The lowest BCUT2D eigenvalue weighted by Gasteiger charge is -2.19. The summed E-state index contributed by atoms with van der Waals surface area (Å²) >= 11 is 0. The van der Waals surface area contributed by atoms with Crippen LogP contribution in [0.2, 0.25) is 0 Å². The average Bonchev–Trinajstić information content (AvgIpc) is 2.87. The lowest BCUT2D eigenvalue weighted by molar-refractivity contribution is -0.129. The van der Waals surface area contributed by atoms with E-state index in [2.05, 4.69) is 10.6 Å². The fraction of sp³-hybridized carbons (Fsp3) is 0.385. The monoisotopic (exact) mass is 263 g/mol. The highest BCUT2D eigenvalue weighted by Crippen LogP contribution is 2.35. The van der Waals surface area contributed by atoms with Crippen molar-refractivity contribution in [1.82, 2.24) is 10.2 Å². The molecular formula is C13H14FN3O2. The molecule has 2 fully saturated rings. The number of carbonyl (C=O) groups excluding carboxylic acids is 2. The van der Waals surface area contributed by atoms with Gasteiger partial charge >= 0.3 is 6.03 Å². The summed E-state index contributed by atoms with van der Waals surface area (Å²) < 4.78 is 14.4. The number of nitrogens with one attached hydrogen (secondary N) is 2. The van der Waals surface area contributed by atoms with Crippen molar-refractivity contribution in [3.8, 4) is 0 Å². The van der Waals surface area contributed by atoms with Gasteiger partial charge in [0.15, 0.2) is 0 Å².